The molecule has 1 aliphatic rings. The smallest absolute Gasteiger partial charge is 0.0455 e. The molecule has 0 aromatic rings. The van der Waals surface area contributed by atoms with Crippen LogP contribution < -0.4 is 0 Å². The first-order chi connectivity index (χ1) is 7.27. The molecule has 1 unspecified atom stereocenters. The van der Waals surface area contributed by atoms with Gasteiger partial charge in [-0.2, -0.15) is 0 Å². The summed E-state index contributed by atoms with van der Waals surface area (Å²) in [4.78, 5) is 6.64. The van der Waals surface area contributed by atoms with Crippen LogP contribution in [0.1, 0.15) is 47.5 Å². The van der Waals surface area contributed by atoms with Crippen molar-refractivity contribution in [2.24, 2.45) is 10.9 Å². The van der Waals surface area contributed by atoms with Crippen LogP contribution in [0.5, 0.6) is 0 Å². The van der Waals surface area contributed by atoms with Gasteiger partial charge < -0.3 is 4.90 Å². The molecular weight excluding hydrogens is 184 g/mol. The van der Waals surface area contributed by atoms with Crippen molar-refractivity contribution in [3.8, 4) is 0 Å². The van der Waals surface area contributed by atoms with E-state index in [2.05, 4.69) is 23.7 Å². The molecule has 2 nitrogen and oxygen atoms in total. The lowest BCUT2D eigenvalue weighted by atomic mass is 10.2. The van der Waals surface area contributed by atoms with Crippen LogP contribution in [0.4, 0.5) is 0 Å². The van der Waals surface area contributed by atoms with Gasteiger partial charge in [-0.1, -0.05) is 27.7 Å². The minimum absolute atomic E-state index is 0.848. The van der Waals surface area contributed by atoms with Crippen LogP contribution in [0.15, 0.2) is 16.9 Å². The van der Waals surface area contributed by atoms with E-state index in [1.54, 1.807) is 0 Å². The third-order valence-corrected chi connectivity index (χ3v) is 2.56. The molecule has 0 amide bonds. The van der Waals surface area contributed by atoms with E-state index in [4.69, 9.17) is 0 Å². The van der Waals surface area contributed by atoms with Crippen molar-refractivity contribution in [3.63, 3.8) is 0 Å². The van der Waals surface area contributed by atoms with Crippen molar-refractivity contribution in [1.82, 2.24) is 4.90 Å². The predicted octanol–water partition coefficient (Wildman–Crippen LogP) is 3.70. The molecule has 0 aromatic carbocycles. The van der Waals surface area contributed by atoms with Gasteiger partial charge in [-0.05, 0) is 25.7 Å². The minimum atomic E-state index is 0.848. The van der Waals surface area contributed by atoms with E-state index in [0.29, 0.717) is 0 Å². The van der Waals surface area contributed by atoms with Crippen LogP contribution in [0.2, 0.25) is 0 Å². The van der Waals surface area contributed by atoms with Gasteiger partial charge in [0.25, 0.3) is 0 Å². The second-order valence-electron chi connectivity index (χ2n) is 3.72. The number of hydrogen-bond acceptors (Lipinski definition) is 2. The summed E-state index contributed by atoms with van der Waals surface area (Å²) in [7, 11) is 0. The molecule has 88 valence electrons. The van der Waals surface area contributed by atoms with E-state index < -0.39 is 0 Å². The number of hydrogen-bond donors (Lipinski definition) is 0. The van der Waals surface area contributed by atoms with Crippen molar-refractivity contribution in [2.45, 2.75) is 47.5 Å². The summed E-state index contributed by atoms with van der Waals surface area (Å²) >= 11 is 0. The number of nitrogens with zero attached hydrogens (tertiary/aromatic N) is 2. The second-order valence-corrected chi connectivity index (χ2v) is 3.72. The van der Waals surface area contributed by atoms with Crippen LogP contribution in [-0.4, -0.2) is 24.2 Å². The van der Waals surface area contributed by atoms with Gasteiger partial charge in [0, 0.05) is 31.2 Å². The maximum Gasteiger partial charge on any atom is 0.0455 e. The van der Waals surface area contributed by atoms with Gasteiger partial charge in [0.15, 0.2) is 0 Å². The Morgan fingerprint density at radius 3 is 2.53 bits per heavy atom. The maximum absolute atomic E-state index is 4.18. The summed E-state index contributed by atoms with van der Waals surface area (Å²) in [6.45, 7) is 12.9. The molecule has 2 heteroatoms. The summed E-state index contributed by atoms with van der Waals surface area (Å²) in [5.41, 5.74) is 1.38. The molecule has 0 bridgehead atoms. The Morgan fingerprint density at radius 2 is 2.13 bits per heavy atom. The van der Waals surface area contributed by atoms with Gasteiger partial charge >= 0.3 is 0 Å². The molecule has 0 radical (unpaired) electrons. The van der Waals surface area contributed by atoms with E-state index in [1.165, 1.54) is 25.2 Å². The molecule has 0 saturated carbocycles. The summed E-state index contributed by atoms with van der Waals surface area (Å²) in [6, 6.07) is 0. The fourth-order valence-electron chi connectivity index (χ4n) is 1.75. The maximum atomic E-state index is 4.18. The molecule has 1 fully saturated rings. The first kappa shape index (κ1) is 14.2. The Morgan fingerprint density at radius 1 is 1.47 bits per heavy atom. The van der Waals surface area contributed by atoms with Crippen molar-refractivity contribution in [3.05, 3.63) is 11.9 Å². The van der Waals surface area contributed by atoms with Crippen LogP contribution in [0.3, 0.4) is 0 Å². The summed E-state index contributed by atoms with van der Waals surface area (Å²) in [6.07, 6.45) is 6.25. The molecule has 0 spiro atoms. The molecule has 0 aliphatic carbocycles. The monoisotopic (exact) mass is 210 g/mol. The highest BCUT2D eigenvalue weighted by atomic mass is 15.2. The normalized spacial score (nSPS) is 21.8. The third kappa shape index (κ3) is 5.01. The average molecular weight is 210 g/mol. The average Bonchev–Trinajstić information content (AvgIpc) is 2.69. The molecule has 1 heterocycles. The summed E-state index contributed by atoms with van der Waals surface area (Å²) < 4.78 is 0. The highest BCUT2D eigenvalue weighted by Crippen LogP contribution is 2.21. The second kappa shape index (κ2) is 8.51. The van der Waals surface area contributed by atoms with Gasteiger partial charge in [-0.25, -0.2) is 0 Å². The zero-order valence-corrected chi connectivity index (χ0v) is 11.0. The zero-order chi connectivity index (χ0) is 11.7. The Bertz CT molecular complexity index is 207. The molecule has 1 rings (SSSR count). The molecule has 1 atom stereocenters. The van der Waals surface area contributed by atoms with Crippen molar-refractivity contribution >= 4 is 6.21 Å². The SMILES string of the molecule is CC.CC=N/C=C(\CC)N1CCC(C)C1. The number of allylic oxidation sites excluding steroid dienone is 1. The molecule has 1 aliphatic heterocycles. The lowest BCUT2D eigenvalue weighted by molar-refractivity contribution is 0.397. The molecular formula is C13H26N2. The van der Waals surface area contributed by atoms with Gasteiger partial charge in [-0.3, -0.25) is 4.99 Å². The largest absolute Gasteiger partial charge is 0.373 e. The van der Waals surface area contributed by atoms with Gasteiger partial charge in [0.05, 0.1) is 0 Å². The van der Waals surface area contributed by atoms with Crippen LogP contribution >= 0.6 is 0 Å². The van der Waals surface area contributed by atoms with Gasteiger partial charge in [-0.15, -0.1) is 0 Å². The van der Waals surface area contributed by atoms with Gasteiger partial charge in [0.1, 0.15) is 0 Å². The first-order valence-corrected chi connectivity index (χ1v) is 6.19. The van der Waals surface area contributed by atoms with E-state index in [1.807, 2.05) is 33.2 Å². The highest BCUT2D eigenvalue weighted by molar-refractivity contribution is 5.54. The Balaban J connectivity index is 0.000000921. The molecule has 0 aromatic heterocycles. The fraction of sp³-hybridized carbons (Fsp3) is 0.769. The van der Waals surface area contributed by atoms with Crippen LogP contribution in [0, 0.1) is 5.92 Å². The standard InChI is InChI=1S/C11H20N2.C2H6/c1-4-11(8-12-5-2)13-7-6-10(3)9-13;1-2/h5,8,10H,4,6-7,9H2,1-3H3;1-2H3/b11-8+,12-5?;. The first-order valence-electron chi connectivity index (χ1n) is 6.19. The van der Waals surface area contributed by atoms with E-state index in [0.717, 1.165) is 12.3 Å². The lowest BCUT2D eigenvalue weighted by Gasteiger charge is -2.19. The number of likely N-dealkylation sites (tertiary alicyclic amines) is 1. The van der Waals surface area contributed by atoms with E-state index in [9.17, 15) is 0 Å². The third-order valence-electron chi connectivity index (χ3n) is 2.56. The van der Waals surface area contributed by atoms with Gasteiger partial charge in [0.2, 0.25) is 0 Å². The summed E-state index contributed by atoms with van der Waals surface area (Å²) in [5.74, 6) is 0.848. The zero-order valence-electron chi connectivity index (χ0n) is 11.0. The van der Waals surface area contributed by atoms with Crippen molar-refractivity contribution in [1.29, 1.82) is 0 Å². The fourth-order valence-corrected chi connectivity index (χ4v) is 1.75. The van der Waals surface area contributed by atoms with Crippen molar-refractivity contribution in [2.75, 3.05) is 13.1 Å². The predicted molar refractivity (Wildman–Crippen MR) is 69.2 cm³/mol. The number of rotatable bonds is 3. The van der Waals surface area contributed by atoms with Crippen LogP contribution in [0.25, 0.3) is 0 Å². The van der Waals surface area contributed by atoms with E-state index >= 15 is 0 Å². The molecule has 1 saturated heterocycles. The quantitative estimate of drug-likeness (QED) is 0.649. The Hall–Kier alpha value is -0.790. The lowest BCUT2D eigenvalue weighted by Crippen LogP contribution is -2.19. The minimum Gasteiger partial charge on any atom is -0.373 e. The Labute approximate surface area is 95.1 Å². The highest BCUT2D eigenvalue weighted by Gasteiger charge is 2.19. The summed E-state index contributed by atoms with van der Waals surface area (Å²) in [5, 5.41) is 0. The number of aliphatic imine (C=N–C) groups is 1. The topological polar surface area (TPSA) is 15.6 Å². The molecule has 0 N–H and O–H groups in total. The Kier molecular flexibility index (Phi) is 8.06. The van der Waals surface area contributed by atoms with E-state index in [-0.39, 0.29) is 0 Å². The van der Waals surface area contributed by atoms with Crippen molar-refractivity contribution < 1.29 is 0 Å². The van der Waals surface area contributed by atoms with Crippen LogP contribution in [-0.2, 0) is 0 Å². The molecule has 15 heavy (non-hydrogen) atoms.